The summed E-state index contributed by atoms with van der Waals surface area (Å²) in [6.07, 6.45) is 83.9. The number of carbonyl (C=O) groups excluding carboxylic acids is 2. The minimum absolute atomic E-state index is 0.0176. The van der Waals surface area contributed by atoms with Crippen LogP contribution in [0.2, 0.25) is 0 Å². The van der Waals surface area contributed by atoms with E-state index >= 15 is 0 Å². The molecule has 0 aliphatic carbocycles. The Morgan fingerprint density at radius 3 is 0.922 bits per heavy atom. The molecule has 0 aliphatic rings. The molecule has 456 valence electrons. The van der Waals surface area contributed by atoms with Gasteiger partial charge in [0.1, 0.15) is 0 Å². The number of esters is 1. The molecule has 0 aromatic heterocycles. The van der Waals surface area contributed by atoms with Crippen LogP contribution in [0.25, 0.3) is 0 Å². The largest absolute Gasteiger partial charge is 0.466 e. The van der Waals surface area contributed by atoms with E-state index < -0.39 is 12.1 Å². The van der Waals surface area contributed by atoms with E-state index in [1.807, 2.05) is 6.08 Å². The fourth-order valence-electron chi connectivity index (χ4n) is 11.1. The minimum Gasteiger partial charge on any atom is -0.466 e. The Balaban J connectivity index is 3.39. The van der Waals surface area contributed by atoms with Gasteiger partial charge in [-0.2, -0.15) is 0 Å². The van der Waals surface area contributed by atoms with Crippen LogP contribution in [-0.2, 0) is 14.3 Å². The zero-order valence-electron chi connectivity index (χ0n) is 52.2. The zero-order valence-corrected chi connectivity index (χ0v) is 52.2. The molecule has 0 aliphatic heterocycles. The number of unbranched alkanes of at least 4 members (excludes halogenated alkanes) is 53. The zero-order chi connectivity index (χ0) is 55.7. The third kappa shape index (κ3) is 63.4. The lowest BCUT2D eigenvalue weighted by molar-refractivity contribution is -0.143. The van der Waals surface area contributed by atoms with Gasteiger partial charge in [0.2, 0.25) is 5.91 Å². The van der Waals surface area contributed by atoms with Gasteiger partial charge in [-0.15, -0.1) is 0 Å². The third-order valence-electron chi connectivity index (χ3n) is 16.5. The highest BCUT2D eigenvalue weighted by molar-refractivity contribution is 5.76. The molecule has 3 N–H and O–H groups in total. The number of rotatable bonds is 66. The number of aliphatic hydroxyl groups is 2. The Bertz CT molecular complexity index is 1200. The van der Waals surface area contributed by atoms with E-state index in [1.165, 1.54) is 327 Å². The maximum Gasteiger partial charge on any atom is 0.305 e. The van der Waals surface area contributed by atoms with Crippen LogP contribution in [0, 0.1) is 0 Å². The molecule has 6 nitrogen and oxygen atoms in total. The average molecular weight is 1080 g/mol. The summed E-state index contributed by atoms with van der Waals surface area (Å²) in [6, 6.07) is -0.631. The molecule has 0 spiro atoms. The van der Waals surface area contributed by atoms with E-state index in [1.54, 1.807) is 6.08 Å². The second-order valence-electron chi connectivity index (χ2n) is 24.2. The van der Waals surface area contributed by atoms with E-state index in [4.69, 9.17) is 4.74 Å². The molecule has 1 amide bonds. The summed E-state index contributed by atoms with van der Waals surface area (Å²) in [5.41, 5.74) is 0. The van der Waals surface area contributed by atoms with Crippen molar-refractivity contribution in [3.63, 3.8) is 0 Å². The van der Waals surface area contributed by atoms with Crippen LogP contribution in [0.1, 0.15) is 393 Å². The SMILES string of the molecule is CCCCCCCCCCCCCCCCC/C=C/C(O)C(CO)NC(=O)CCCCCCCCCC/C=C\CCCCCCCCCCCCCCOC(=O)CCCCCCCCCCCCCCCCCCCCC. The monoisotopic (exact) mass is 1080 g/mol. The highest BCUT2D eigenvalue weighted by Crippen LogP contribution is 2.19. The number of hydrogen-bond donors (Lipinski definition) is 3. The van der Waals surface area contributed by atoms with Gasteiger partial charge in [-0.05, 0) is 57.8 Å². The number of amides is 1. The van der Waals surface area contributed by atoms with Gasteiger partial charge in [0, 0.05) is 12.8 Å². The molecule has 0 saturated heterocycles. The lowest BCUT2D eigenvalue weighted by Gasteiger charge is -2.20. The predicted octanol–water partition coefficient (Wildman–Crippen LogP) is 22.5. The summed E-state index contributed by atoms with van der Waals surface area (Å²) in [6.45, 7) is 4.94. The first-order chi connectivity index (χ1) is 38.0. The van der Waals surface area contributed by atoms with Crippen LogP contribution in [0.5, 0.6) is 0 Å². The topological polar surface area (TPSA) is 95.9 Å². The van der Waals surface area contributed by atoms with Crippen LogP contribution >= 0.6 is 0 Å². The fraction of sp³-hybridized carbons (Fsp3) is 0.915. The number of hydrogen-bond acceptors (Lipinski definition) is 5. The number of ether oxygens (including phenoxy) is 1. The Kier molecular flexibility index (Phi) is 65.4. The normalized spacial score (nSPS) is 12.6. The molecular formula is C71H137NO5. The van der Waals surface area contributed by atoms with Crippen molar-refractivity contribution in [1.82, 2.24) is 5.32 Å². The third-order valence-corrected chi connectivity index (χ3v) is 16.5. The van der Waals surface area contributed by atoms with Gasteiger partial charge in [-0.25, -0.2) is 0 Å². The molecule has 0 rings (SSSR count). The summed E-state index contributed by atoms with van der Waals surface area (Å²) < 4.78 is 5.51. The second-order valence-corrected chi connectivity index (χ2v) is 24.2. The molecule has 0 radical (unpaired) electrons. The molecule has 0 aromatic carbocycles. The van der Waals surface area contributed by atoms with Crippen LogP contribution in [0.15, 0.2) is 24.3 Å². The lowest BCUT2D eigenvalue weighted by Crippen LogP contribution is -2.45. The lowest BCUT2D eigenvalue weighted by atomic mass is 10.0. The first-order valence-corrected chi connectivity index (χ1v) is 35.1. The molecule has 6 heteroatoms. The maximum absolute atomic E-state index is 12.5. The quantitative estimate of drug-likeness (QED) is 0.0320. The molecule has 0 bridgehead atoms. The van der Waals surface area contributed by atoms with Gasteiger partial charge in [-0.3, -0.25) is 9.59 Å². The van der Waals surface area contributed by atoms with Gasteiger partial charge < -0.3 is 20.3 Å². The second kappa shape index (κ2) is 66.8. The Hall–Kier alpha value is -1.66. The molecule has 0 aromatic rings. The average Bonchev–Trinajstić information content (AvgIpc) is 3.43. The summed E-state index contributed by atoms with van der Waals surface area (Å²) >= 11 is 0. The Labute approximate surface area is 481 Å². The van der Waals surface area contributed by atoms with Gasteiger partial charge >= 0.3 is 5.97 Å². The Morgan fingerprint density at radius 1 is 0.351 bits per heavy atom. The summed E-state index contributed by atoms with van der Waals surface area (Å²) in [4.78, 5) is 24.6. The molecular weight excluding hydrogens is 947 g/mol. The van der Waals surface area contributed by atoms with Crippen LogP contribution in [0.4, 0.5) is 0 Å². The first kappa shape index (κ1) is 75.3. The van der Waals surface area contributed by atoms with Crippen molar-refractivity contribution in [2.24, 2.45) is 0 Å². The van der Waals surface area contributed by atoms with Gasteiger partial charge in [0.15, 0.2) is 0 Å². The van der Waals surface area contributed by atoms with Gasteiger partial charge in [-0.1, -0.05) is 346 Å². The van der Waals surface area contributed by atoms with Crippen molar-refractivity contribution >= 4 is 11.9 Å². The van der Waals surface area contributed by atoms with Crippen LogP contribution in [-0.4, -0.2) is 47.4 Å². The van der Waals surface area contributed by atoms with Crippen molar-refractivity contribution in [3.8, 4) is 0 Å². The molecule has 0 heterocycles. The number of nitrogens with one attached hydrogen (secondary N) is 1. The molecule has 0 saturated carbocycles. The van der Waals surface area contributed by atoms with Gasteiger partial charge in [0.05, 0.1) is 25.4 Å². The van der Waals surface area contributed by atoms with Crippen molar-refractivity contribution in [2.45, 2.75) is 405 Å². The fourth-order valence-corrected chi connectivity index (χ4v) is 11.1. The Morgan fingerprint density at radius 2 is 0.610 bits per heavy atom. The predicted molar refractivity (Wildman–Crippen MR) is 338 cm³/mol. The highest BCUT2D eigenvalue weighted by atomic mass is 16.5. The van der Waals surface area contributed by atoms with E-state index in [9.17, 15) is 19.8 Å². The molecule has 2 unspecified atom stereocenters. The first-order valence-electron chi connectivity index (χ1n) is 35.1. The van der Waals surface area contributed by atoms with E-state index in [0.29, 0.717) is 19.4 Å². The van der Waals surface area contributed by atoms with Crippen molar-refractivity contribution in [3.05, 3.63) is 24.3 Å². The van der Waals surface area contributed by atoms with Crippen molar-refractivity contribution in [2.75, 3.05) is 13.2 Å². The van der Waals surface area contributed by atoms with Crippen LogP contribution in [0.3, 0.4) is 0 Å². The molecule has 0 fully saturated rings. The summed E-state index contributed by atoms with van der Waals surface area (Å²) in [5.74, 6) is -0.0520. The minimum atomic E-state index is -0.847. The van der Waals surface area contributed by atoms with Crippen LogP contribution < -0.4 is 5.32 Å². The summed E-state index contributed by atoms with van der Waals surface area (Å²) in [7, 11) is 0. The van der Waals surface area contributed by atoms with E-state index in [0.717, 1.165) is 38.5 Å². The standard InChI is InChI=1S/C71H137NO5/c1-3-5-7-9-11-13-15-17-19-21-28-33-37-41-45-49-53-57-61-65-71(76)77-66-62-58-54-50-46-42-38-34-30-27-25-23-22-24-26-29-32-36-40-44-48-52-56-60-64-70(75)72-68(67-73)69(74)63-59-55-51-47-43-39-35-31-20-18-16-14-12-10-8-6-4-2/h24,26,59,63,68-69,73-74H,3-23,25,27-58,60-62,64-67H2,1-2H3,(H,72,75)/b26-24-,63-59+. The van der Waals surface area contributed by atoms with Gasteiger partial charge in [0.25, 0.3) is 0 Å². The molecule has 2 atom stereocenters. The summed E-state index contributed by atoms with van der Waals surface area (Å²) in [5, 5.41) is 23.2. The van der Waals surface area contributed by atoms with E-state index in [-0.39, 0.29) is 18.5 Å². The number of carbonyl (C=O) groups is 2. The van der Waals surface area contributed by atoms with E-state index in [2.05, 4.69) is 31.3 Å². The van der Waals surface area contributed by atoms with Crippen molar-refractivity contribution < 1.29 is 24.5 Å². The number of allylic oxidation sites excluding steroid dienone is 3. The highest BCUT2D eigenvalue weighted by Gasteiger charge is 2.18. The smallest absolute Gasteiger partial charge is 0.305 e. The maximum atomic E-state index is 12.5. The number of aliphatic hydroxyl groups excluding tert-OH is 2. The van der Waals surface area contributed by atoms with Crippen molar-refractivity contribution in [1.29, 1.82) is 0 Å². The molecule has 77 heavy (non-hydrogen) atoms.